The lowest BCUT2D eigenvalue weighted by molar-refractivity contribution is -0.274. The molecule has 2 amide bonds. The van der Waals surface area contributed by atoms with Crippen LogP contribution in [0.5, 0.6) is 11.5 Å². The summed E-state index contributed by atoms with van der Waals surface area (Å²) in [5.41, 5.74) is 0.161. The number of carbonyl (C=O) groups excluding carboxylic acids is 1. The van der Waals surface area contributed by atoms with Gasteiger partial charge in [0.05, 0.1) is 10.2 Å². The number of thiazole rings is 1. The summed E-state index contributed by atoms with van der Waals surface area (Å²) < 4.78 is 41.0. The number of nitrogens with one attached hydrogen (secondary N) is 2. The molecule has 0 radical (unpaired) electrons. The Balaban J connectivity index is 1.71. The minimum atomic E-state index is -4.82. The Morgan fingerprint density at radius 1 is 1.11 bits per heavy atom. The normalized spacial score (nSPS) is 11.2. The lowest BCUT2D eigenvalue weighted by Crippen LogP contribution is -2.19. The highest BCUT2D eigenvalue weighted by Crippen LogP contribution is 2.31. The Bertz CT molecular complexity index is 1070. The van der Waals surface area contributed by atoms with Gasteiger partial charge in [0.1, 0.15) is 17.1 Å². The molecule has 3 rings (SSSR count). The van der Waals surface area contributed by atoms with E-state index in [4.69, 9.17) is 5.11 Å². The van der Waals surface area contributed by atoms with Crippen molar-refractivity contribution in [2.24, 2.45) is 0 Å². The molecule has 1 aromatic heterocycles. The smallest absolute Gasteiger partial charge is 0.507 e. The summed E-state index contributed by atoms with van der Waals surface area (Å²) in [7, 11) is 0. The van der Waals surface area contributed by atoms with Gasteiger partial charge in [0.25, 0.3) is 0 Å². The van der Waals surface area contributed by atoms with E-state index in [2.05, 4.69) is 20.4 Å². The van der Waals surface area contributed by atoms with Gasteiger partial charge in [-0.1, -0.05) is 11.3 Å². The van der Waals surface area contributed by atoms with Crippen molar-refractivity contribution in [1.29, 1.82) is 0 Å². The number of aromatic nitrogens is 1. The number of nitrogens with zero attached hydrogens (tertiary/aromatic N) is 1. The summed E-state index contributed by atoms with van der Waals surface area (Å²) in [6, 6.07) is 6.28. The Morgan fingerprint density at radius 2 is 1.86 bits per heavy atom. The molecule has 0 aliphatic carbocycles. The number of benzene rings is 2. The van der Waals surface area contributed by atoms with Gasteiger partial charge in [0, 0.05) is 17.8 Å². The van der Waals surface area contributed by atoms with Crippen LogP contribution in [0.3, 0.4) is 0 Å². The van der Waals surface area contributed by atoms with Gasteiger partial charge < -0.3 is 20.3 Å². The molecule has 0 aliphatic rings. The van der Waals surface area contributed by atoms with Gasteiger partial charge in [0.2, 0.25) is 0 Å². The Labute approximate surface area is 158 Å². The number of rotatable bonds is 4. The molecule has 0 saturated carbocycles. The van der Waals surface area contributed by atoms with Crippen molar-refractivity contribution in [3.05, 3.63) is 42.0 Å². The molecule has 8 nitrogen and oxygen atoms in total. The molecule has 146 valence electrons. The van der Waals surface area contributed by atoms with Crippen LogP contribution in [0, 0.1) is 0 Å². The van der Waals surface area contributed by atoms with Crippen LogP contribution in [-0.2, 0) is 0 Å². The van der Waals surface area contributed by atoms with Crippen molar-refractivity contribution in [3.63, 3.8) is 0 Å². The molecule has 0 spiro atoms. The van der Waals surface area contributed by atoms with Crippen molar-refractivity contribution in [1.82, 2.24) is 4.98 Å². The number of anilines is 2. The molecule has 3 aromatic rings. The fraction of sp³-hybridized carbons (Fsp3) is 0.0625. The van der Waals surface area contributed by atoms with Gasteiger partial charge >= 0.3 is 18.4 Å². The Morgan fingerprint density at radius 3 is 2.50 bits per heavy atom. The van der Waals surface area contributed by atoms with Crippen molar-refractivity contribution in [2.75, 3.05) is 10.6 Å². The Hall–Kier alpha value is -3.54. The number of urea groups is 1. The van der Waals surface area contributed by atoms with Crippen LogP contribution in [0.2, 0.25) is 0 Å². The minimum Gasteiger partial charge on any atom is -0.507 e. The number of phenols is 1. The number of ether oxygens (including phenoxy) is 1. The van der Waals surface area contributed by atoms with Crippen molar-refractivity contribution < 1.29 is 37.7 Å². The fourth-order valence-electron chi connectivity index (χ4n) is 2.21. The van der Waals surface area contributed by atoms with Crippen LogP contribution in [0.4, 0.5) is 28.8 Å². The van der Waals surface area contributed by atoms with E-state index in [1.807, 2.05) is 0 Å². The summed E-state index contributed by atoms with van der Waals surface area (Å²) in [6.07, 6.45) is -4.82. The quantitative estimate of drug-likeness (QED) is 0.508. The summed E-state index contributed by atoms with van der Waals surface area (Å²) in [5.74, 6) is -2.26. The number of hydrogen-bond acceptors (Lipinski definition) is 6. The zero-order valence-electron chi connectivity index (χ0n) is 13.6. The third-order valence-electron chi connectivity index (χ3n) is 3.30. The van der Waals surface area contributed by atoms with E-state index >= 15 is 0 Å². The van der Waals surface area contributed by atoms with E-state index in [1.54, 1.807) is 0 Å². The first-order valence-corrected chi connectivity index (χ1v) is 8.23. The monoisotopic (exact) mass is 413 g/mol. The average Bonchev–Trinajstić information content (AvgIpc) is 2.94. The number of aromatic hydroxyl groups is 1. The van der Waals surface area contributed by atoms with E-state index in [9.17, 15) is 27.9 Å². The number of alkyl halides is 3. The number of fused-ring (bicyclic) bond motifs is 1. The van der Waals surface area contributed by atoms with E-state index in [0.29, 0.717) is 10.2 Å². The number of amides is 2. The molecule has 0 saturated heterocycles. The van der Waals surface area contributed by atoms with E-state index in [-0.39, 0.29) is 16.4 Å². The van der Waals surface area contributed by atoms with Crippen molar-refractivity contribution in [2.45, 2.75) is 6.36 Å². The van der Waals surface area contributed by atoms with E-state index in [0.717, 1.165) is 35.6 Å². The maximum absolute atomic E-state index is 12.3. The van der Waals surface area contributed by atoms with Gasteiger partial charge in [-0.25, -0.2) is 14.6 Å². The number of carboxylic acids is 1. The molecular weight excluding hydrogens is 403 g/mol. The van der Waals surface area contributed by atoms with E-state index in [1.165, 1.54) is 12.1 Å². The summed E-state index contributed by atoms with van der Waals surface area (Å²) in [5, 5.41) is 23.3. The molecule has 0 bridgehead atoms. The maximum atomic E-state index is 12.3. The maximum Gasteiger partial charge on any atom is 0.573 e. The predicted octanol–water partition coefficient (Wildman–Crippen LogP) is 4.24. The zero-order valence-corrected chi connectivity index (χ0v) is 14.4. The average molecular weight is 413 g/mol. The van der Waals surface area contributed by atoms with Crippen LogP contribution >= 0.6 is 11.3 Å². The van der Waals surface area contributed by atoms with Crippen molar-refractivity contribution >= 4 is 44.4 Å². The molecule has 4 N–H and O–H groups in total. The second-order valence-corrected chi connectivity index (χ2v) is 6.34. The van der Waals surface area contributed by atoms with Crippen LogP contribution in [0.25, 0.3) is 10.2 Å². The molecule has 2 aromatic carbocycles. The topological polar surface area (TPSA) is 121 Å². The molecule has 1 heterocycles. The number of hydrogen-bond donors (Lipinski definition) is 4. The highest BCUT2D eigenvalue weighted by Gasteiger charge is 2.31. The molecule has 0 atom stereocenters. The fourth-order valence-corrected chi connectivity index (χ4v) is 3.09. The lowest BCUT2D eigenvalue weighted by Gasteiger charge is -2.07. The van der Waals surface area contributed by atoms with Crippen LogP contribution in [0.1, 0.15) is 10.4 Å². The highest BCUT2D eigenvalue weighted by molar-refractivity contribution is 7.22. The second-order valence-electron chi connectivity index (χ2n) is 5.31. The Kier molecular flexibility index (Phi) is 4.96. The minimum absolute atomic E-state index is 0.114. The first kappa shape index (κ1) is 19.2. The molecule has 28 heavy (non-hydrogen) atoms. The highest BCUT2D eigenvalue weighted by atomic mass is 32.1. The summed E-state index contributed by atoms with van der Waals surface area (Å²) in [6.45, 7) is 0. The first-order valence-electron chi connectivity index (χ1n) is 7.41. The van der Waals surface area contributed by atoms with Gasteiger partial charge in [0.15, 0.2) is 5.13 Å². The van der Waals surface area contributed by atoms with Crippen LogP contribution < -0.4 is 15.4 Å². The van der Waals surface area contributed by atoms with E-state index < -0.39 is 29.9 Å². The first-order chi connectivity index (χ1) is 13.1. The molecule has 0 fully saturated rings. The molecule has 0 aliphatic heterocycles. The van der Waals surface area contributed by atoms with Gasteiger partial charge in [-0.3, -0.25) is 5.32 Å². The standard InChI is InChI=1S/C16H10F3N3O5S/c17-16(18,19)27-8-2-4-10-12(6-8)28-15(21-10)22-14(26)20-7-1-3-9(13(24)25)11(23)5-7/h1-6,23H,(H,24,25)(H2,20,21,22,26). The summed E-state index contributed by atoms with van der Waals surface area (Å²) >= 11 is 0.928. The third-order valence-corrected chi connectivity index (χ3v) is 4.23. The SMILES string of the molecule is O=C(Nc1ccc(C(=O)O)c(O)c1)Nc1nc2ccc(OC(F)(F)F)cc2s1. The summed E-state index contributed by atoms with van der Waals surface area (Å²) in [4.78, 5) is 26.9. The van der Waals surface area contributed by atoms with Crippen molar-refractivity contribution in [3.8, 4) is 11.5 Å². The number of aromatic carboxylic acids is 1. The van der Waals surface area contributed by atoms with Gasteiger partial charge in [-0.15, -0.1) is 13.2 Å². The number of halogens is 3. The molecular formula is C16H10F3N3O5S. The number of carboxylic acid groups (broad SMARTS) is 1. The molecule has 12 heteroatoms. The lowest BCUT2D eigenvalue weighted by atomic mass is 10.2. The third kappa shape index (κ3) is 4.59. The van der Waals surface area contributed by atoms with Crippen LogP contribution in [-0.4, -0.2) is 33.6 Å². The van der Waals surface area contributed by atoms with Gasteiger partial charge in [-0.05, 0) is 24.3 Å². The second kappa shape index (κ2) is 7.23. The van der Waals surface area contributed by atoms with Gasteiger partial charge in [-0.2, -0.15) is 0 Å². The largest absolute Gasteiger partial charge is 0.573 e. The zero-order chi connectivity index (χ0) is 20.5. The number of carbonyl (C=O) groups is 2. The predicted molar refractivity (Wildman–Crippen MR) is 94.0 cm³/mol. The molecule has 0 unspecified atom stereocenters. The van der Waals surface area contributed by atoms with Crippen LogP contribution in [0.15, 0.2) is 36.4 Å².